The Labute approximate surface area is 128 Å². The number of nitrogens with zero attached hydrogens (tertiary/aromatic N) is 1. The highest BCUT2D eigenvalue weighted by atomic mass is 16.2. The van der Waals surface area contributed by atoms with Gasteiger partial charge in [-0.15, -0.1) is 0 Å². The fraction of sp³-hybridized carbons (Fsp3) is 0.611. The quantitative estimate of drug-likeness (QED) is 0.791. The van der Waals surface area contributed by atoms with E-state index in [4.69, 9.17) is 5.73 Å². The second kappa shape index (κ2) is 8.06. The van der Waals surface area contributed by atoms with Crippen molar-refractivity contribution in [1.82, 2.24) is 4.90 Å². The molecule has 0 spiro atoms. The second-order valence-electron chi connectivity index (χ2n) is 6.39. The number of urea groups is 1. The summed E-state index contributed by atoms with van der Waals surface area (Å²) in [7, 11) is 0. The maximum Gasteiger partial charge on any atom is 0.315 e. The minimum Gasteiger partial charge on any atom is -0.351 e. The maximum atomic E-state index is 11.7. The molecule has 1 aliphatic carbocycles. The first-order chi connectivity index (χ1) is 10.2. The first kappa shape index (κ1) is 15.9. The zero-order valence-corrected chi connectivity index (χ0v) is 13.1. The van der Waals surface area contributed by atoms with Crippen LogP contribution < -0.4 is 5.73 Å². The number of unbranched alkanes of at least 4 members (excludes halogenated alkanes) is 1. The summed E-state index contributed by atoms with van der Waals surface area (Å²) in [5.74, 6) is 0.800. The summed E-state index contributed by atoms with van der Waals surface area (Å²) >= 11 is 0. The van der Waals surface area contributed by atoms with Gasteiger partial charge in [0.1, 0.15) is 0 Å². The van der Waals surface area contributed by atoms with Crippen LogP contribution in [-0.4, -0.2) is 23.5 Å². The minimum atomic E-state index is -0.241. The first-order valence-corrected chi connectivity index (χ1v) is 8.27. The maximum absolute atomic E-state index is 11.7. The Bertz CT molecular complexity index is 424. The van der Waals surface area contributed by atoms with Crippen molar-refractivity contribution < 1.29 is 4.79 Å². The Kier molecular flexibility index (Phi) is 6.09. The van der Waals surface area contributed by atoms with Crippen LogP contribution >= 0.6 is 0 Å². The van der Waals surface area contributed by atoms with Gasteiger partial charge in [-0.2, -0.15) is 0 Å². The summed E-state index contributed by atoms with van der Waals surface area (Å²) in [6, 6.07) is 10.7. The van der Waals surface area contributed by atoms with E-state index in [9.17, 15) is 4.79 Å². The van der Waals surface area contributed by atoms with Crippen LogP contribution in [0.5, 0.6) is 0 Å². The largest absolute Gasteiger partial charge is 0.351 e. The lowest BCUT2D eigenvalue weighted by molar-refractivity contribution is 0.151. The third kappa shape index (κ3) is 5.07. The van der Waals surface area contributed by atoms with Crippen molar-refractivity contribution in [2.75, 3.05) is 6.54 Å². The molecule has 0 heterocycles. The molecule has 0 bridgehead atoms. The van der Waals surface area contributed by atoms with E-state index in [0.717, 1.165) is 44.6 Å². The molecule has 2 amide bonds. The van der Waals surface area contributed by atoms with E-state index in [1.807, 2.05) is 11.0 Å². The molecule has 0 radical (unpaired) electrons. The van der Waals surface area contributed by atoms with Crippen molar-refractivity contribution in [2.24, 2.45) is 11.7 Å². The van der Waals surface area contributed by atoms with Gasteiger partial charge in [-0.3, -0.25) is 0 Å². The molecule has 1 saturated carbocycles. The van der Waals surface area contributed by atoms with Crippen LogP contribution in [0.1, 0.15) is 51.0 Å². The summed E-state index contributed by atoms with van der Waals surface area (Å²) in [5.41, 5.74) is 6.95. The van der Waals surface area contributed by atoms with Crippen LogP contribution in [0.25, 0.3) is 0 Å². The summed E-state index contributed by atoms with van der Waals surface area (Å²) in [5, 5.41) is 0. The minimum absolute atomic E-state index is 0.241. The molecule has 116 valence electrons. The zero-order chi connectivity index (χ0) is 15.1. The molecule has 3 nitrogen and oxygen atoms in total. The van der Waals surface area contributed by atoms with Gasteiger partial charge in [0.15, 0.2) is 0 Å². The van der Waals surface area contributed by atoms with Gasteiger partial charge in [-0.1, -0.05) is 37.3 Å². The Balaban J connectivity index is 1.74. The van der Waals surface area contributed by atoms with Crippen molar-refractivity contribution in [2.45, 2.75) is 57.9 Å². The lowest BCUT2D eigenvalue weighted by Gasteiger charge is -2.35. The van der Waals surface area contributed by atoms with Gasteiger partial charge in [0, 0.05) is 12.6 Å². The van der Waals surface area contributed by atoms with E-state index in [-0.39, 0.29) is 6.03 Å². The number of aryl methyl sites for hydroxylation is 1. The predicted octanol–water partition coefficient (Wildman–Crippen LogP) is 3.97. The molecule has 1 aromatic carbocycles. The lowest BCUT2D eigenvalue weighted by Crippen LogP contribution is -2.45. The molecule has 1 aromatic rings. The van der Waals surface area contributed by atoms with E-state index in [1.165, 1.54) is 18.4 Å². The molecule has 0 atom stereocenters. The predicted molar refractivity (Wildman–Crippen MR) is 87.1 cm³/mol. The highest BCUT2D eigenvalue weighted by molar-refractivity contribution is 5.72. The van der Waals surface area contributed by atoms with E-state index in [0.29, 0.717) is 6.04 Å². The third-order valence-corrected chi connectivity index (χ3v) is 4.67. The summed E-state index contributed by atoms with van der Waals surface area (Å²) in [4.78, 5) is 13.6. The van der Waals surface area contributed by atoms with E-state index in [1.54, 1.807) is 0 Å². The Morgan fingerprint density at radius 3 is 2.43 bits per heavy atom. The van der Waals surface area contributed by atoms with Gasteiger partial charge < -0.3 is 10.6 Å². The van der Waals surface area contributed by atoms with Gasteiger partial charge in [0.25, 0.3) is 0 Å². The number of rotatable bonds is 6. The molecule has 0 saturated heterocycles. The first-order valence-electron chi connectivity index (χ1n) is 8.27. The smallest absolute Gasteiger partial charge is 0.315 e. The molecule has 1 aliphatic rings. The average Bonchev–Trinajstić information content (AvgIpc) is 2.49. The Morgan fingerprint density at radius 2 is 1.81 bits per heavy atom. The van der Waals surface area contributed by atoms with Crippen LogP contribution in [0.3, 0.4) is 0 Å². The topological polar surface area (TPSA) is 46.3 Å². The van der Waals surface area contributed by atoms with Crippen LogP contribution in [0.2, 0.25) is 0 Å². The standard InChI is InChI=1S/C18H28N2O/c1-15-10-12-17(13-11-15)20(18(19)21)14-6-5-9-16-7-3-2-4-8-16/h2-4,7-8,15,17H,5-6,9-14H2,1H3,(H2,19,21). The highest BCUT2D eigenvalue weighted by Gasteiger charge is 2.25. The Hall–Kier alpha value is -1.51. The normalized spacial score (nSPS) is 22.0. The number of primary amides is 1. The summed E-state index contributed by atoms with van der Waals surface area (Å²) in [6.07, 6.45) is 7.89. The molecular weight excluding hydrogens is 260 g/mol. The number of hydrogen-bond acceptors (Lipinski definition) is 1. The number of benzene rings is 1. The van der Waals surface area contributed by atoms with Crippen molar-refractivity contribution in [3.8, 4) is 0 Å². The molecule has 0 aromatic heterocycles. The lowest BCUT2D eigenvalue weighted by atomic mass is 9.86. The van der Waals surface area contributed by atoms with Gasteiger partial charge in [-0.25, -0.2) is 4.79 Å². The van der Waals surface area contributed by atoms with E-state index < -0.39 is 0 Å². The monoisotopic (exact) mass is 288 g/mol. The van der Waals surface area contributed by atoms with Crippen LogP contribution in [-0.2, 0) is 6.42 Å². The molecular formula is C18H28N2O. The average molecular weight is 288 g/mol. The molecule has 0 unspecified atom stereocenters. The number of carbonyl (C=O) groups is 1. The second-order valence-corrected chi connectivity index (χ2v) is 6.39. The molecule has 3 heteroatoms. The number of amides is 2. The number of hydrogen-bond donors (Lipinski definition) is 1. The van der Waals surface area contributed by atoms with Crippen LogP contribution in [0.15, 0.2) is 30.3 Å². The SMILES string of the molecule is CC1CCC(N(CCCCc2ccccc2)C(N)=O)CC1. The summed E-state index contributed by atoms with van der Waals surface area (Å²) in [6.45, 7) is 3.10. The summed E-state index contributed by atoms with van der Waals surface area (Å²) < 4.78 is 0. The zero-order valence-electron chi connectivity index (χ0n) is 13.1. The highest BCUT2D eigenvalue weighted by Crippen LogP contribution is 2.27. The molecule has 2 rings (SSSR count). The number of carbonyl (C=O) groups excluding carboxylic acids is 1. The fourth-order valence-electron chi connectivity index (χ4n) is 3.28. The van der Waals surface area contributed by atoms with Crippen molar-refractivity contribution >= 4 is 6.03 Å². The van der Waals surface area contributed by atoms with Crippen LogP contribution in [0.4, 0.5) is 4.79 Å². The van der Waals surface area contributed by atoms with Gasteiger partial charge in [0.05, 0.1) is 0 Å². The Morgan fingerprint density at radius 1 is 1.14 bits per heavy atom. The van der Waals surface area contributed by atoms with Gasteiger partial charge in [0.2, 0.25) is 0 Å². The van der Waals surface area contributed by atoms with Crippen LogP contribution in [0, 0.1) is 5.92 Å². The molecule has 2 N–H and O–H groups in total. The van der Waals surface area contributed by atoms with E-state index >= 15 is 0 Å². The number of nitrogens with two attached hydrogens (primary N) is 1. The van der Waals surface area contributed by atoms with Crippen molar-refractivity contribution in [1.29, 1.82) is 0 Å². The van der Waals surface area contributed by atoms with Gasteiger partial charge >= 0.3 is 6.03 Å². The molecule has 0 aliphatic heterocycles. The van der Waals surface area contributed by atoms with E-state index in [2.05, 4.69) is 31.2 Å². The van der Waals surface area contributed by atoms with Gasteiger partial charge in [-0.05, 0) is 56.4 Å². The molecule has 1 fully saturated rings. The third-order valence-electron chi connectivity index (χ3n) is 4.67. The molecule has 21 heavy (non-hydrogen) atoms. The van der Waals surface area contributed by atoms with Crippen molar-refractivity contribution in [3.05, 3.63) is 35.9 Å². The van der Waals surface area contributed by atoms with Crippen molar-refractivity contribution in [3.63, 3.8) is 0 Å². The fourth-order valence-corrected chi connectivity index (χ4v) is 3.28.